The second-order valence-corrected chi connectivity index (χ2v) is 10.7. The lowest BCUT2D eigenvalue weighted by molar-refractivity contribution is 0.254. The third-order valence-corrected chi connectivity index (χ3v) is 7.74. The Morgan fingerprint density at radius 3 is 2.68 bits per heavy atom. The first-order valence-corrected chi connectivity index (χ1v) is 13.3. The molecule has 0 amide bonds. The minimum atomic E-state index is -0.587. The molecule has 6 rings (SSSR count). The van der Waals surface area contributed by atoms with Crippen LogP contribution in [0.5, 0.6) is 5.75 Å². The van der Waals surface area contributed by atoms with Crippen LogP contribution < -0.4 is 9.64 Å². The van der Waals surface area contributed by atoms with E-state index in [1.165, 1.54) is 18.0 Å². The fourth-order valence-corrected chi connectivity index (χ4v) is 5.64. The number of anilines is 1. The van der Waals surface area contributed by atoms with Gasteiger partial charge in [-0.1, -0.05) is 6.07 Å². The standard InChI is InChI=1S/C29H32F2N6O/c1-17(2)37-10-11-38-29-22(30)14-20(15-25(29)37)28-23(31)16-32-26(33-28)13-18-4-5-24-21(12-18)27(35-34-24)19-6-8-36(3)9-7-19/h4-5,12,14-17,19H,6-11,13H2,1-3H3,(H,34,35). The zero-order valence-corrected chi connectivity index (χ0v) is 22.0. The number of likely N-dealkylation sites (tertiary alicyclic amines) is 1. The van der Waals surface area contributed by atoms with Crippen LogP contribution in [0, 0.1) is 11.6 Å². The fraction of sp³-hybridized carbons (Fsp3) is 0.414. The summed E-state index contributed by atoms with van der Waals surface area (Å²) in [5, 5.41) is 8.90. The molecule has 2 aliphatic rings. The van der Waals surface area contributed by atoms with Crippen molar-refractivity contribution in [2.24, 2.45) is 0 Å². The van der Waals surface area contributed by atoms with Crippen LogP contribution in [0.2, 0.25) is 0 Å². The van der Waals surface area contributed by atoms with E-state index in [1.54, 1.807) is 6.07 Å². The number of fused-ring (bicyclic) bond motifs is 2. The highest BCUT2D eigenvalue weighted by Crippen LogP contribution is 2.39. The molecule has 4 heterocycles. The lowest BCUT2D eigenvalue weighted by atomic mass is 9.91. The van der Waals surface area contributed by atoms with Crippen LogP contribution in [0.15, 0.2) is 36.5 Å². The van der Waals surface area contributed by atoms with E-state index in [0.717, 1.165) is 42.4 Å². The zero-order valence-electron chi connectivity index (χ0n) is 22.0. The number of piperidine rings is 1. The summed E-state index contributed by atoms with van der Waals surface area (Å²) in [6.45, 7) is 7.27. The van der Waals surface area contributed by atoms with Crippen molar-refractivity contribution < 1.29 is 13.5 Å². The van der Waals surface area contributed by atoms with Gasteiger partial charge < -0.3 is 14.5 Å². The quantitative estimate of drug-likeness (QED) is 0.386. The second kappa shape index (κ2) is 9.94. The van der Waals surface area contributed by atoms with E-state index in [-0.39, 0.29) is 17.5 Å². The molecule has 2 aromatic heterocycles. The SMILES string of the molecule is CC(C)N1CCOc2c(F)cc(-c3nc(Cc4ccc5n[nH]c(C6CCN(C)CC6)c5c4)ncc3F)cc21. The van der Waals surface area contributed by atoms with Gasteiger partial charge in [-0.15, -0.1) is 0 Å². The Bertz CT molecular complexity index is 1480. The molecule has 1 N–H and O–H groups in total. The van der Waals surface area contributed by atoms with Crippen LogP contribution in [0.1, 0.15) is 49.7 Å². The summed E-state index contributed by atoms with van der Waals surface area (Å²) in [6, 6.07) is 9.35. The number of aromatic nitrogens is 4. The Morgan fingerprint density at radius 2 is 1.89 bits per heavy atom. The highest BCUT2D eigenvalue weighted by atomic mass is 19.1. The Hall–Kier alpha value is -3.59. The van der Waals surface area contributed by atoms with Crippen molar-refractivity contribution in [1.29, 1.82) is 0 Å². The lowest BCUT2D eigenvalue weighted by Crippen LogP contribution is -2.38. The molecular formula is C29H32F2N6O. The third-order valence-electron chi connectivity index (χ3n) is 7.74. The van der Waals surface area contributed by atoms with Crippen molar-refractivity contribution >= 4 is 16.6 Å². The summed E-state index contributed by atoms with van der Waals surface area (Å²) < 4.78 is 35.6. The average Bonchev–Trinajstić information content (AvgIpc) is 3.33. The smallest absolute Gasteiger partial charge is 0.178 e. The molecule has 1 fully saturated rings. The van der Waals surface area contributed by atoms with E-state index in [2.05, 4.69) is 43.1 Å². The van der Waals surface area contributed by atoms with Crippen molar-refractivity contribution in [3.8, 4) is 17.0 Å². The first-order chi connectivity index (χ1) is 18.4. The number of aromatic amines is 1. The molecule has 0 aliphatic carbocycles. The van der Waals surface area contributed by atoms with Crippen molar-refractivity contribution in [3.05, 3.63) is 65.2 Å². The van der Waals surface area contributed by atoms with Gasteiger partial charge in [0.15, 0.2) is 17.4 Å². The van der Waals surface area contributed by atoms with Crippen LogP contribution >= 0.6 is 0 Å². The highest BCUT2D eigenvalue weighted by Gasteiger charge is 2.26. The van der Waals surface area contributed by atoms with Crippen LogP contribution in [-0.4, -0.2) is 64.4 Å². The maximum absolute atomic E-state index is 15.0. The Labute approximate surface area is 220 Å². The number of nitrogens with zero attached hydrogens (tertiary/aromatic N) is 5. The predicted molar refractivity (Wildman–Crippen MR) is 144 cm³/mol. The highest BCUT2D eigenvalue weighted by molar-refractivity contribution is 5.82. The van der Waals surface area contributed by atoms with Gasteiger partial charge in [0.05, 0.1) is 23.9 Å². The van der Waals surface area contributed by atoms with Crippen molar-refractivity contribution in [1.82, 2.24) is 25.1 Å². The van der Waals surface area contributed by atoms with Gasteiger partial charge in [0.1, 0.15) is 18.1 Å². The third kappa shape index (κ3) is 4.60. The normalized spacial score (nSPS) is 16.7. The van der Waals surface area contributed by atoms with Gasteiger partial charge in [0, 0.05) is 35.0 Å². The molecule has 4 aromatic rings. The molecule has 38 heavy (non-hydrogen) atoms. The fourth-order valence-electron chi connectivity index (χ4n) is 5.64. The Balaban J connectivity index is 1.31. The first kappa shape index (κ1) is 24.7. The molecule has 198 valence electrons. The monoisotopic (exact) mass is 518 g/mol. The van der Waals surface area contributed by atoms with Gasteiger partial charge in [-0.25, -0.2) is 18.7 Å². The van der Waals surface area contributed by atoms with E-state index >= 15 is 4.39 Å². The number of H-pyrrole nitrogens is 1. The average molecular weight is 519 g/mol. The largest absolute Gasteiger partial charge is 0.486 e. The predicted octanol–water partition coefficient (Wildman–Crippen LogP) is 5.31. The van der Waals surface area contributed by atoms with E-state index in [0.29, 0.717) is 42.6 Å². The first-order valence-electron chi connectivity index (χ1n) is 13.3. The molecule has 0 saturated carbocycles. The van der Waals surface area contributed by atoms with E-state index < -0.39 is 11.6 Å². The molecule has 2 aliphatic heterocycles. The molecule has 0 unspecified atom stereocenters. The summed E-state index contributed by atoms with van der Waals surface area (Å²) in [5.74, 6) is 0.0239. The number of ether oxygens (including phenoxy) is 1. The number of halogens is 2. The van der Waals surface area contributed by atoms with Crippen molar-refractivity contribution in [2.75, 3.05) is 38.2 Å². The molecule has 0 spiro atoms. The van der Waals surface area contributed by atoms with Crippen LogP contribution in [-0.2, 0) is 6.42 Å². The van der Waals surface area contributed by atoms with Gasteiger partial charge in [-0.2, -0.15) is 5.10 Å². The molecule has 2 aromatic carbocycles. The van der Waals surface area contributed by atoms with Crippen LogP contribution in [0.25, 0.3) is 22.2 Å². The van der Waals surface area contributed by atoms with E-state index in [1.807, 2.05) is 26.0 Å². The van der Waals surface area contributed by atoms with E-state index in [4.69, 9.17) is 4.74 Å². The molecule has 9 heteroatoms. The molecule has 7 nitrogen and oxygen atoms in total. The van der Waals surface area contributed by atoms with Crippen molar-refractivity contribution in [2.45, 2.75) is 45.1 Å². The van der Waals surface area contributed by atoms with Gasteiger partial charge in [-0.3, -0.25) is 5.10 Å². The number of rotatable bonds is 5. The maximum Gasteiger partial charge on any atom is 0.178 e. The second-order valence-electron chi connectivity index (χ2n) is 10.7. The lowest BCUT2D eigenvalue weighted by Gasteiger charge is -2.34. The van der Waals surface area contributed by atoms with Crippen LogP contribution in [0.3, 0.4) is 0 Å². The topological polar surface area (TPSA) is 70.2 Å². The maximum atomic E-state index is 15.0. The number of hydrogen-bond acceptors (Lipinski definition) is 6. The Morgan fingerprint density at radius 1 is 1.08 bits per heavy atom. The summed E-state index contributed by atoms with van der Waals surface area (Å²) in [5.41, 5.74) is 4.20. The molecule has 0 atom stereocenters. The van der Waals surface area contributed by atoms with Gasteiger partial charge in [0.25, 0.3) is 0 Å². The molecule has 0 radical (unpaired) electrons. The van der Waals surface area contributed by atoms with Gasteiger partial charge in [-0.05, 0) is 76.7 Å². The number of hydrogen-bond donors (Lipinski definition) is 1. The summed E-state index contributed by atoms with van der Waals surface area (Å²) >= 11 is 0. The summed E-state index contributed by atoms with van der Waals surface area (Å²) in [6.07, 6.45) is 3.79. The molecular weight excluding hydrogens is 486 g/mol. The molecule has 0 bridgehead atoms. The minimum Gasteiger partial charge on any atom is -0.486 e. The number of benzene rings is 2. The zero-order chi connectivity index (χ0) is 26.4. The van der Waals surface area contributed by atoms with Gasteiger partial charge >= 0.3 is 0 Å². The van der Waals surface area contributed by atoms with Gasteiger partial charge in [0.2, 0.25) is 0 Å². The Kier molecular flexibility index (Phi) is 6.47. The minimum absolute atomic E-state index is 0.0855. The van der Waals surface area contributed by atoms with E-state index in [9.17, 15) is 4.39 Å². The summed E-state index contributed by atoms with van der Waals surface area (Å²) in [7, 11) is 2.16. The van der Waals surface area contributed by atoms with Crippen LogP contribution in [0.4, 0.5) is 14.5 Å². The van der Waals surface area contributed by atoms with Crippen molar-refractivity contribution in [3.63, 3.8) is 0 Å². The summed E-state index contributed by atoms with van der Waals surface area (Å²) in [4.78, 5) is 13.2. The number of nitrogens with one attached hydrogen (secondary N) is 1. The molecule has 1 saturated heterocycles.